The largest absolute Gasteiger partial charge is 0.422 e. The van der Waals surface area contributed by atoms with E-state index >= 15 is 0 Å². The molecule has 3 aromatic rings. The van der Waals surface area contributed by atoms with Gasteiger partial charge in [-0.05, 0) is 51.8 Å². The van der Waals surface area contributed by atoms with E-state index in [2.05, 4.69) is 36.3 Å². The van der Waals surface area contributed by atoms with Crippen molar-refractivity contribution in [3.05, 3.63) is 58.7 Å². The minimum absolute atomic E-state index is 0.256. The first-order valence-electron chi connectivity index (χ1n) is 11.3. The Morgan fingerprint density at radius 3 is 2.48 bits per heavy atom. The number of anilines is 1. The Hall–Kier alpha value is -2.95. The van der Waals surface area contributed by atoms with E-state index in [4.69, 9.17) is 4.42 Å². The molecule has 0 atom stereocenters. The average molecular weight is 422 g/mol. The predicted octanol–water partition coefficient (Wildman–Crippen LogP) is 5.05. The van der Waals surface area contributed by atoms with Crippen LogP contribution in [0, 0.1) is 6.92 Å². The van der Waals surface area contributed by atoms with Gasteiger partial charge in [0.25, 0.3) is 0 Å². The summed E-state index contributed by atoms with van der Waals surface area (Å²) in [6, 6.07) is 12.0. The molecule has 3 rings (SSSR count). The van der Waals surface area contributed by atoms with Crippen molar-refractivity contribution < 1.29 is 13.8 Å². The van der Waals surface area contributed by atoms with E-state index in [1.807, 2.05) is 36.5 Å². The highest BCUT2D eigenvalue weighted by Crippen LogP contribution is 2.25. The van der Waals surface area contributed by atoms with Crippen molar-refractivity contribution in [3.63, 3.8) is 0 Å². The van der Waals surface area contributed by atoms with Crippen molar-refractivity contribution >= 4 is 22.4 Å². The van der Waals surface area contributed by atoms with Crippen LogP contribution in [0.1, 0.15) is 52.1 Å². The number of carbonyl (C=O) groups excluding carboxylic acids is 1. The predicted molar refractivity (Wildman–Crippen MR) is 126 cm³/mol. The second-order valence-electron chi connectivity index (χ2n) is 8.10. The van der Waals surface area contributed by atoms with Crippen LogP contribution in [0.4, 0.5) is 5.69 Å². The maximum Gasteiger partial charge on any atom is 0.344 e. The molecular formula is C26H33N2O3+. The molecule has 31 heavy (non-hydrogen) atoms. The third kappa shape index (κ3) is 5.60. The van der Waals surface area contributed by atoms with Crippen molar-refractivity contribution in [1.29, 1.82) is 0 Å². The Kier molecular flexibility index (Phi) is 7.61. The summed E-state index contributed by atoms with van der Waals surface area (Å²) in [5.74, 6) is 0.256. The Bertz CT molecular complexity index is 1110. The first-order valence-corrected chi connectivity index (χ1v) is 11.3. The summed E-state index contributed by atoms with van der Waals surface area (Å²) in [7, 11) is 0. The molecule has 164 valence electrons. The van der Waals surface area contributed by atoms with Gasteiger partial charge in [0.05, 0.1) is 5.56 Å². The minimum atomic E-state index is -0.314. The molecular weight excluding hydrogens is 388 g/mol. The summed E-state index contributed by atoms with van der Waals surface area (Å²) in [4.78, 5) is 26.0. The van der Waals surface area contributed by atoms with Gasteiger partial charge in [-0.3, -0.25) is 0 Å². The number of ketones is 1. The van der Waals surface area contributed by atoms with Crippen LogP contribution in [0.2, 0.25) is 0 Å². The van der Waals surface area contributed by atoms with Gasteiger partial charge in [-0.15, -0.1) is 0 Å². The van der Waals surface area contributed by atoms with Crippen LogP contribution in [0.5, 0.6) is 0 Å². The summed E-state index contributed by atoms with van der Waals surface area (Å²) in [6.45, 7) is 10.6. The van der Waals surface area contributed by atoms with Crippen LogP contribution in [0.3, 0.4) is 0 Å². The van der Waals surface area contributed by atoms with Gasteiger partial charge >= 0.3 is 5.63 Å². The molecule has 1 aromatic carbocycles. The maximum absolute atomic E-state index is 12.7. The van der Waals surface area contributed by atoms with E-state index in [1.165, 1.54) is 0 Å². The van der Waals surface area contributed by atoms with Gasteiger partial charge in [-0.2, -0.15) is 0 Å². The standard InChI is InChI=1S/C26H33N2O3/c1-5-27(6-2)23-12-11-22-17-24(26(30)31-25(22)18-23)21-13-15-28(19(3)16-21)14-9-7-8-10-20(4)29/h11-13,15-18H,5-10,14H2,1-4H3/q+1. The maximum atomic E-state index is 12.7. The van der Waals surface area contributed by atoms with E-state index in [0.717, 1.165) is 61.2 Å². The smallest absolute Gasteiger partial charge is 0.344 e. The zero-order valence-electron chi connectivity index (χ0n) is 19.1. The molecule has 0 saturated carbocycles. The highest BCUT2D eigenvalue weighted by atomic mass is 16.4. The molecule has 0 amide bonds. The number of Topliss-reactive ketones (excluding diaryl/α,β-unsaturated/α-hetero) is 1. The monoisotopic (exact) mass is 421 g/mol. The van der Waals surface area contributed by atoms with Crippen LogP contribution in [0.25, 0.3) is 22.1 Å². The average Bonchev–Trinajstić information content (AvgIpc) is 2.74. The Balaban J connectivity index is 1.80. The molecule has 2 heterocycles. The van der Waals surface area contributed by atoms with Gasteiger partial charge in [-0.1, -0.05) is 0 Å². The van der Waals surface area contributed by atoms with Gasteiger partial charge in [0, 0.05) is 67.7 Å². The van der Waals surface area contributed by atoms with Gasteiger partial charge in [0.2, 0.25) is 0 Å². The Morgan fingerprint density at radius 1 is 1.03 bits per heavy atom. The van der Waals surface area contributed by atoms with Crippen LogP contribution in [-0.2, 0) is 11.3 Å². The number of rotatable bonds is 10. The lowest BCUT2D eigenvalue weighted by atomic mass is 10.1. The number of aryl methyl sites for hydroxylation is 2. The Labute approximate surface area is 184 Å². The normalized spacial score (nSPS) is 11.1. The number of pyridine rings is 1. The van der Waals surface area contributed by atoms with Crippen molar-refractivity contribution in [2.24, 2.45) is 0 Å². The number of benzene rings is 1. The highest BCUT2D eigenvalue weighted by molar-refractivity contribution is 5.84. The number of aromatic nitrogens is 1. The van der Waals surface area contributed by atoms with Gasteiger partial charge in [0.1, 0.15) is 17.9 Å². The van der Waals surface area contributed by atoms with Crippen LogP contribution in [-0.4, -0.2) is 18.9 Å². The molecule has 0 bridgehead atoms. The third-order valence-electron chi connectivity index (χ3n) is 5.84. The lowest BCUT2D eigenvalue weighted by Crippen LogP contribution is -2.36. The van der Waals surface area contributed by atoms with Crippen molar-refractivity contribution in [3.8, 4) is 11.1 Å². The SMILES string of the molecule is CCN(CC)c1ccc2cc(-c3cc[n+](CCCCCC(C)=O)c(C)c3)c(=O)oc2c1. The fourth-order valence-corrected chi connectivity index (χ4v) is 3.98. The molecule has 0 aliphatic carbocycles. The molecule has 5 heteroatoms. The van der Waals surface area contributed by atoms with Crippen molar-refractivity contribution in [2.75, 3.05) is 18.0 Å². The fourth-order valence-electron chi connectivity index (χ4n) is 3.98. The summed E-state index contributed by atoms with van der Waals surface area (Å²) in [5.41, 5.74) is 3.92. The van der Waals surface area contributed by atoms with E-state index < -0.39 is 0 Å². The van der Waals surface area contributed by atoms with Crippen LogP contribution < -0.4 is 15.1 Å². The molecule has 0 fully saturated rings. The molecule has 0 aliphatic rings. The third-order valence-corrected chi connectivity index (χ3v) is 5.84. The summed E-state index contributed by atoms with van der Waals surface area (Å²) in [5, 5.41) is 0.922. The van der Waals surface area contributed by atoms with Gasteiger partial charge in [0.15, 0.2) is 11.9 Å². The summed E-state index contributed by atoms with van der Waals surface area (Å²) >= 11 is 0. The van der Waals surface area contributed by atoms with Crippen LogP contribution in [0.15, 0.2) is 51.8 Å². The first kappa shape index (κ1) is 22.7. The van der Waals surface area contributed by atoms with Gasteiger partial charge < -0.3 is 14.1 Å². The molecule has 5 nitrogen and oxygen atoms in total. The van der Waals surface area contributed by atoms with E-state index in [0.29, 0.717) is 17.6 Å². The van der Waals surface area contributed by atoms with Crippen molar-refractivity contribution in [1.82, 2.24) is 0 Å². The van der Waals surface area contributed by atoms with E-state index in [1.54, 1.807) is 6.92 Å². The quantitative estimate of drug-likeness (QED) is 0.261. The lowest BCUT2D eigenvalue weighted by molar-refractivity contribution is -0.703. The lowest BCUT2D eigenvalue weighted by Gasteiger charge is -2.21. The minimum Gasteiger partial charge on any atom is -0.422 e. The first-order chi connectivity index (χ1) is 14.9. The fraction of sp³-hybridized carbons (Fsp3) is 0.423. The number of unbranched alkanes of at least 4 members (excludes halogenated alkanes) is 2. The second-order valence-corrected chi connectivity index (χ2v) is 8.10. The molecule has 2 aromatic heterocycles. The molecule has 0 radical (unpaired) electrons. The molecule has 0 N–H and O–H groups in total. The van der Waals surface area contributed by atoms with Gasteiger partial charge in [-0.25, -0.2) is 9.36 Å². The molecule has 0 aliphatic heterocycles. The van der Waals surface area contributed by atoms with E-state index in [9.17, 15) is 9.59 Å². The molecule has 0 saturated heterocycles. The summed E-state index contributed by atoms with van der Waals surface area (Å²) < 4.78 is 7.88. The zero-order valence-corrected chi connectivity index (χ0v) is 19.1. The number of nitrogens with zero attached hydrogens (tertiary/aromatic N) is 2. The highest BCUT2D eigenvalue weighted by Gasteiger charge is 2.14. The van der Waals surface area contributed by atoms with Crippen molar-refractivity contribution in [2.45, 2.75) is 59.9 Å². The van der Waals surface area contributed by atoms with Crippen LogP contribution >= 0.6 is 0 Å². The number of hydrogen-bond acceptors (Lipinski definition) is 4. The van der Waals surface area contributed by atoms with E-state index in [-0.39, 0.29) is 11.4 Å². The number of fused-ring (bicyclic) bond motifs is 1. The number of carbonyl (C=O) groups is 1. The molecule has 0 spiro atoms. The zero-order chi connectivity index (χ0) is 22.4. The Morgan fingerprint density at radius 2 is 1.81 bits per heavy atom. The summed E-state index contributed by atoms with van der Waals surface area (Å²) in [6.07, 6.45) is 5.71. The molecule has 0 unspecified atom stereocenters. The second kappa shape index (κ2) is 10.4. The topological polar surface area (TPSA) is 54.4 Å². The number of hydrogen-bond donors (Lipinski definition) is 0.